The minimum atomic E-state index is -0.888. The van der Waals surface area contributed by atoms with Gasteiger partial charge in [0.2, 0.25) is 0 Å². The van der Waals surface area contributed by atoms with E-state index >= 15 is 0 Å². The molecule has 0 saturated heterocycles. The second-order valence-electron chi connectivity index (χ2n) is 7.21. The first-order valence-corrected chi connectivity index (χ1v) is 9.20. The number of hydrogen-bond donors (Lipinski definition) is 2. The standard InChI is InChI=1S/C22H26N2O2/c1-14-12-20(15(2)10-18(14)11-16(3)22(25)26)17-8-9-21(23-13-17)24-19-6-4-5-7-19/h8-13,19H,4-7H2,1-3H3,(H,23,24)(H,25,26). The predicted molar refractivity (Wildman–Crippen MR) is 106 cm³/mol. The van der Waals surface area contributed by atoms with E-state index in [-0.39, 0.29) is 0 Å². The van der Waals surface area contributed by atoms with Crippen LogP contribution >= 0.6 is 0 Å². The lowest BCUT2D eigenvalue weighted by atomic mass is 9.95. The van der Waals surface area contributed by atoms with Gasteiger partial charge in [-0.1, -0.05) is 25.0 Å². The van der Waals surface area contributed by atoms with E-state index in [9.17, 15) is 4.79 Å². The number of aryl methyl sites for hydroxylation is 2. The van der Waals surface area contributed by atoms with Gasteiger partial charge < -0.3 is 10.4 Å². The third kappa shape index (κ3) is 4.13. The summed E-state index contributed by atoms with van der Waals surface area (Å²) >= 11 is 0. The Morgan fingerprint density at radius 1 is 1.19 bits per heavy atom. The summed E-state index contributed by atoms with van der Waals surface area (Å²) in [5, 5.41) is 12.6. The van der Waals surface area contributed by atoms with E-state index in [1.54, 1.807) is 13.0 Å². The maximum absolute atomic E-state index is 11.1. The van der Waals surface area contributed by atoms with Crippen molar-refractivity contribution < 1.29 is 9.90 Å². The Kier molecular flexibility index (Phi) is 5.40. The number of rotatable bonds is 5. The normalized spacial score (nSPS) is 15.3. The molecule has 4 heteroatoms. The minimum Gasteiger partial charge on any atom is -0.478 e. The van der Waals surface area contributed by atoms with Gasteiger partial charge in [-0.25, -0.2) is 9.78 Å². The second kappa shape index (κ2) is 7.73. The number of anilines is 1. The highest BCUT2D eigenvalue weighted by Crippen LogP contribution is 2.28. The SMILES string of the molecule is CC(=Cc1cc(C)c(-c2ccc(NC3CCCC3)nc2)cc1C)C(=O)O. The maximum atomic E-state index is 11.1. The molecule has 0 atom stereocenters. The number of hydrogen-bond acceptors (Lipinski definition) is 3. The molecule has 2 aromatic rings. The maximum Gasteiger partial charge on any atom is 0.331 e. The molecular formula is C22H26N2O2. The molecule has 1 aromatic carbocycles. The van der Waals surface area contributed by atoms with E-state index < -0.39 is 5.97 Å². The first-order valence-electron chi connectivity index (χ1n) is 9.20. The molecule has 1 aliphatic carbocycles. The summed E-state index contributed by atoms with van der Waals surface area (Å²) in [5.74, 6) is 0.0485. The van der Waals surface area contributed by atoms with E-state index in [1.807, 2.05) is 32.2 Å². The molecule has 0 bridgehead atoms. The Bertz CT molecular complexity index is 832. The lowest BCUT2D eigenvalue weighted by Gasteiger charge is -2.14. The molecule has 26 heavy (non-hydrogen) atoms. The molecule has 3 rings (SSSR count). The molecule has 2 N–H and O–H groups in total. The number of aliphatic carboxylic acids is 1. The Morgan fingerprint density at radius 3 is 2.54 bits per heavy atom. The first-order chi connectivity index (χ1) is 12.4. The van der Waals surface area contributed by atoms with Crippen LogP contribution in [0.25, 0.3) is 17.2 Å². The second-order valence-corrected chi connectivity index (χ2v) is 7.21. The third-order valence-corrected chi connectivity index (χ3v) is 5.10. The monoisotopic (exact) mass is 350 g/mol. The summed E-state index contributed by atoms with van der Waals surface area (Å²) in [6.07, 6.45) is 8.70. The summed E-state index contributed by atoms with van der Waals surface area (Å²) in [5.41, 5.74) is 5.65. The van der Waals surface area contributed by atoms with E-state index in [0.29, 0.717) is 11.6 Å². The fourth-order valence-electron chi connectivity index (χ4n) is 3.52. The smallest absolute Gasteiger partial charge is 0.331 e. The number of carbonyl (C=O) groups is 1. The van der Waals surface area contributed by atoms with Crippen molar-refractivity contribution >= 4 is 17.9 Å². The first kappa shape index (κ1) is 18.2. The van der Waals surface area contributed by atoms with Crippen molar-refractivity contribution in [1.82, 2.24) is 4.98 Å². The van der Waals surface area contributed by atoms with E-state index in [2.05, 4.69) is 22.4 Å². The van der Waals surface area contributed by atoms with Gasteiger partial charge in [0.1, 0.15) is 5.82 Å². The molecule has 4 nitrogen and oxygen atoms in total. The highest BCUT2D eigenvalue weighted by Gasteiger charge is 2.15. The van der Waals surface area contributed by atoms with Gasteiger partial charge in [-0.15, -0.1) is 0 Å². The number of carboxylic acids is 1. The average molecular weight is 350 g/mol. The van der Waals surface area contributed by atoms with Crippen molar-refractivity contribution in [2.24, 2.45) is 0 Å². The number of benzene rings is 1. The van der Waals surface area contributed by atoms with Crippen LogP contribution in [0.1, 0.15) is 49.3 Å². The minimum absolute atomic E-state index is 0.337. The Balaban J connectivity index is 1.83. The fourth-order valence-corrected chi connectivity index (χ4v) is 3.52. The van der Waals surface area contributed by atoms with E-state index in [1.165, 1.54) is 25.7 Å². The van der Waals surface area contributed by atoms with Crippen molar-refractivity contribution in [2.75, 3.05) is 5.32 Å². The van der Waals surface area contributed by atoms with E-state index in [0.717, 1.165) is 33.6 Å². The molecule has 0 radical (unpaired) electrons. The average Bonchev–Trinajstić information content (AvgIpc) is 3.11. The van der Waals surface area contributed by atoms with Gasteiger partial charge in [0, 0.05) is 23.4 Å². The zero-order valence-corrected chi connectivity index (χ0v) is 15.7. The van der Waals surface area contributed by atoms with Crippen LogP contribution in [0.3, 0.4) is 0 Å². The largest absolute Gasteiger partial charge is 0.478 e. The van der Waals surface area contributed by atoms with Gasteiger partial charge >= 0.3 is 5.97 Å². The summed E-state index contributed by atoms with van der Waals surface area (Å²) in [6.45, 7) is 5.67. The van der Waals surface area contributed by atoms with Crippen molar-refractivity contribution in [3.05, 3.63) is 52.7 Å². The van der Waals surface area contributed by atoms with Crippen LogP contribution < -0.4 is 5.32 Å². The van der Waals surface area contributed by atoms with Crippen molar-refractivity contribution in [1.29, 1.82) is 0 Å². The lowest BCUT2D eigenvalue weighted by Crippen LogP contribution is -2.15. The molecule has 0 aliphatic heterocycles. The van der Waals surface area contributed by atoms with Gasteiger partial charge in [-0.05, 0) is 74.1 Å². The van der Waals surface area contributed by atoms with Crippen LogP contribution in [-0.2, 0) is 4.79 Å². The summed E-state index contributed by atoms with van der Waals surface area (Å²) in [4.78, 5) is 15.6. The molecule has 0 spiro atoms. The van der Waals surface area contributed by atoms with Crippen LogP contribution in [0.2, 0.25) is 0 Å². The summed E-state index contributed by atoms with van der Waals surface area (Å²) in [6, 6.07) is 8.86. The van der Waals surface area contributed by atoms with Crippen LogP contribution in [0.4, 0.5) is 5.82 Å². The highest BCUT2D eigenvalue weighted by atomic mass is 16.4. The summed E-state index contributed by atoms with van der Waals surface area (Å²) in [7, 11) is 0. The van der Waals surface area contributed by atoms with Crippen LogP contribution in [0.5, 0.6) is 0 Å². The zero-order valence-electron chi connectivity index (χ0n) is 15.7. The van der Waals surface area contributed by atoms with Crippen LogP contribution in [0.15, 0.2) is 36.0 Å². The molecule has 1 aliphatic rings. The number of aromatic nitrogens is 1. The Morgan fingerprint density at radius 2 is 1.92 bits per heavy atom. The Labute approximate surface area is 155 Å². The molecule has 1 aromatic heterocycles. The van der Waals surface area contributed by atoms with Crippen molar-refractivity contribution in [2.45, 2.75) is 52.5 Å². The van der Waals surface area contributed by atoms with Crippen molar-refractivity contribution in [3.63, 3.8) is 0 Å². The number of pyridine rings is 1. The highest BCUT2D eigenvalue weighted by molar-refractivity contribution is 5.92. The van der Waals surface area contributed by atoms with Gasteiger partial charge in [0.05, 0.1) is 0 Å². The molecule has 0 amide bonds. The van der Waals surface area contributed by atoms with Gasteiger partial charge in [-0.2, -0.15) is 0 Å². The third-order valence-electron chi connectivity index (χ3n) is 5.10. The lowest BCUT2D eigenvalue weighted by molar-refractivity contribution is -0.132. The quantitative estimate of drug-likeness (QED) is 0.727. The summed E-state index contributed by atoms with van der Waals surface area (Å²) < 4.78 is 0. The molecule has 136 valence electrons. The molecule has 0 unspecified atom stereocenters. The number of carboxylic acid groups (broad SMARTS) is 1. The number of nitrogens with zero attached hydrogens (tertiary/aromatic N) is 1. The van der Waals surface area contributed by atoms with Gasteiger partial charge in [-0.3, -0.25) is 0 Å². The van der Waals surface area contributed by atoms with Gasteiger partial charge in [0.15, 0.2) is 0 Å². The fraction of sp³-hybridized carbons (Fsp3) is 0.364. The molecule has 1 fully saturated rings. The number of nitrogens with one attached hydrogen (secondary N) is 1. The van der Waals surface area contributed by atoms with Crippen LogP contribution in [0, 0.1) is 13.8 Å². The molecule has 1 heterocycles. The van der Waals surface area contributed by atoms with Crippen molar-refractivity contribution in [3.8, 4) is 11.1 Å². The molecule has 1 saturated carbocycles. The van der Waals surface area contributed by atoms with E-state index in [4.69, 9.17) is 5.11 Å². The van der Waals surface area contributed by atoms with Crippen LogP contribution in [-0.4, -0.2) is 22.1 Å². The predicted octanol–water partition coefficient (Wildman–Crippen LogP) is 5.21. The molecular weight excluding hydrogens is 324 g/mol. The zero-order chi connectivity index (χ0) is 18.7. The topological polar surface area (TPSA) is 62.2 Å². The van der Waals surface area contributed by atoms with Gasteiger partial charge in [0.25, 0.3) is 0 Å². The Hall–Kier alpha value is -2.62.